The minimum absolute atomic E-state index is 0.878. The van der Waals surface area contributed by atoms with Crippen molar-refractivity contribution in [2.24, 2.45) is 0 Å². The van der Waals surface area contributed by atoms with Gasteiger partial charge in [-0.3, -0.25) is 0 Å². The first-order chi connectivity index (χ1) is 7.34. The number of hydrogen-bond acceptors (Lipinski definition) is 0. The Bertz CT molecular complexity index is 403. The maximum atomic E-state index is 2.23. The Kier molecular flexibility index (Phi) is 3.53. The molecule has 0 bridgehead atoms. The molecule has 0 N–H and O–H groups in total. The molecule has 0 heterocycles. The van der Waals surface area contributed by atoms with E-state index in [4.69, 9.17) is 0 Å². The van der Waals surface area contributed by atoms with E-state index in [1.54, 1.807) is 0 Å². The van der Waals surface area contributed by atoms with Crippen molar-refractivity contribution in [2.75, 3.05) is 0 Å². The summed E-state index contributed by atoms with van der Waals surface area (Å²) in [4.78, 5) is 0. The van der Waals surface area contributed by atoms with Gasteiger partial charge in [0.15, 0.2) is 0 Å². The first-order valence-electron chi connectivity index (χ1n) is 5.19. The standard InChI is InChI=1S/C14H15P/c1-12-7-9-14(10-8-12)15-11-13-5-3-2-4-6-13/h2-10,15H,11H2,1H3. The average molecular weight is 214 g/mol. The van der Waals surface area contributed by atoms with Gasteiger partial charge in [0, 0.05) is 0 Å². The highest BCUT2D eigenvalue weighted by Crippen LogP contribution is 2.17. The maximum Gasteiger partial charge on any atom is -0.00602 e. The van der Waals surface area contributed by atoms with E-state index in [-0.39, 0.29) is 0 Å². The third kappa shape index (κ3) is 3.18. The summed E-state index contributed by atoms with van der Waals surface area (Å²) in [6, 6.07) is 19.5. The molecule has 1 atom stereocenters. The molecule has 15 heavy (non-hydrogen) atoms. The largest absolute Gasteiger partial charge is 0.0859 e. The minimum atomic E-state index is 0.878. The molecule has 0 aliphatic carbocycles. The molecule has 0 saturated carbocycles. The molecule has 0 aromatic heterocycles. The Morgan fingerprint density at radius 1 is 0.867 bits per heavy atom. The Morgan fingerprint density at radius 3 is 2.20 bits per heavy atom. The number of aryl methyl sites for hydroxylation is 1. The lowest BCUT2D eigenvalue weighted by Crippen LogP contribution is -1.93. The smallest absolute Gasteiger partial charge is 0.00602 e. The summed E-state index contributed by atoms with van der Waals surface area (Å²) in [6.45, 7) is 2.13. The molecule has 2 rings (SSSR count). The molecule has 0 spiro atoms. The van der Waals surface area contributed by atoms with Crippen molar-refractivity contribution >= 4 is 13.9 Å². The fourth-order valence-electron chi connectivity index (χ4n) is 1.47. The van der Waals surface area contributed by atoms with Crippen LogP contribution in [0.15, 0.2) is 54.6 Å². The summed E-state index contributed by atoms with van der Waals surface area (Å²) in [5.74, 6) is 0. The van der Waals surface area contributed by atoms with Gasteiger partial charge in [0.25, 0.3) is 0 Å². The molecule has 76 valence electrons. The summed E-state index contributed by atoms with van der Waals surface area (Å²) in [5.41, 5.74) is 2.76. The Balaban J connectivity index is 1.96. The van der Waals surface area contributed by atoms with Crippen molar-refractivity contribution in [2.45, 2.75) is 13.1 Å². The summed E-state index contributed by atoms with van der Waals surface area (Å²) >= 11 is 0. The first kappa shape index (κ1) is 10.4. The van der Waals surface area contributed by atoms with Gasteiger partial charge in [-0.25, -0.2) is 0 Å². The summed E-state index contributed by atoms with van der Waals surface area (Å²) < 4.78 is 0. The molecule has 0 saturated heterocycles. The zero-order valence-electron chi connectivity index (χ0n) is 8.90. The van der Waals surface area contributed by atoms with E-state index >= 15 is 0 Å². The molecule has 0 fully saturated rings. The van der Waals surface area contributed by atoms with E-state index in [1.165, 1.54) is 16.4 Å². The van der Waals surface area contributed by atoms with Crippen LogP contribution in [0.2, 0.25) is 0 Å². The van der Waals surface area contributed by atoms with E-state index < -0.39 is 0 Å². The molecule has 2 aromatic rings. The maximum absolute atomic E-state index is 2.23. The van der Waals surface area contributed by atoms with Gasteiger partial charge >= 0.3 is 0 Å². The van der Waals surface area contributed by atoms with E-state index in [1.807, 2.05) is 0 Å². The number of benzene rings is 2. The Morgan fingerprint density at radius 2 is 1.53 bits per heavy atom. The van der Waals surface area contributed by atoms with E-state index in [2.05, 4.69) is 61.5 Å². The second-order valence-electron chi connectivity index (χ2n) is 3.71. The van der Waals surface area contributed by atoms with Crippen LogP contribution in [0.1, 0.15) is 11.1 Å². The quantitative estimate of drug-likeness (QED) is 0.686. The second-order valence-corrected chi connectivity index (χ2v) is 4.99. The summed E-state index contributed by atoms with van der Waals surface area (Å²) in [6.07, 6.45) is 1.16. The van der Waals surface area contributed by atoms with Crippen molar-refractivity contribution in [1.29, 1.82) is 0 Å². The Labute approximate surface area is 93.1 Å². The molecule has 0 aliphatic heterocycles. The highest BCUT2D eigenvalue weighted by Gasteiger charge is 1.94. The van der Waals surface area contributed by atoms with Crippen molar-refractivity contribution < 1.29 is 0 Å². The van der Waals surface area contributed by atoms with Crippen LogP contribution in [0, 0.1) is 6.92 Å². The lowest BCUT2D eigenvalue weighted by Gasteiger charge is -2.02. The number of rotatable bonds is 3. The minimum Gasteiger partial charge on any atom is -0.0859 e. The molecular formula is C14H15P. The van der Waals surface area contributed by atoms with Gasteiger partial charge in [0.2, 0.25) is 0 Å². The first-order valence-corrected chi connectivity index (χ1v) is 6.40. The molecule has 2 aromatic carbocycles. The normalized spacial score (nSPS) is 11.0. The molecule has 1 unspecified atom stereocenters. The molecule has 0 aliphatic rings. The predicted octanol–water partition coefficient (Wildman–Crippen LogP) is 3.50. The van der Waals surface area contributed by atoms with Gasteiger partial charge in [-0.05, 0) is 24.0 Å². The third-order valence-corrected chi connectivity index (χ3v) is 3.72. The second kappa shape index (κ2) is 5.09. The van der Waals surface area contributed by atoms with E-state index in [9.17, 15) is 0 Å². The van der Waals surface area contributed by atoms with Gasteiger partial charge < -0.3 is 0 Å². The van der Waals surface area contributed by atoms with Gasteiger partial charge in [-0.2, -0.15) is 0 Å². The highest BCUT2D eigenvalue weighted by molar-refractivity contribution is 7.46. The SMILES string of the molecule is Cc1ccc(PCc2ccccc2)cc1. The van der Waals surface area contributed by atoms with Gasteiger partial charge in [-0.1, -0.05) is 68.7 Å². The molecular weight excluding hydrogens is 199 g/mol. The predicted molar refractivity (Wildman–Crippen MR) is 69.3 cm³/mol. The number of hydrogen-bond donors (Lipinski definition) is 0. The van der Waals surface area contributed by atoms with Crippen LogP contribution >= 0.6 is 8.58 Å². The highest BCUT2D eigenvalue weighted by atomic mass is 31.1. The van der Waals surface area contributed by atoms with Crippen molar-refractivity contribution in [1.82, 2.24) is 0 Å². The third-order valence-electron chi connectivity index (χ3n) is 2.39. The summed E-state index contributed by atoms with van der Waals surface area (Å²) in [5, 5.41) is 1.45. The Hall–Kier alpha value is -1.13. The topological polar surface area (TPSA) is 0 Å². The van der Waals surface area contributed by atoms with Gasteiger partial charge in [0.05, 0.1) is 0 Å². The fraction of sp³-hybridized carbons (Fsp3) is 0.143. The van der Waals surface area contributed by atoms with E-state index in [0.717, 1.165) is 14.7 Å². The monoisotopic (exact) mass is 214 g/mol. The zero-order valence-corrected chi connectivity index (χ0v) is 9.90. The van der Waals surface area contributed by atoms with Crippen molar-refractivity contribution in [3.63, 3.8) is 0 Å². The molecule has 0 radical (unpaired) electrons. The van der Waals surface area contributed by atoms with Crippen LogP contribution in [0.25, 0.3) is 0 Å². The van der Waals surface area contributed by atoms with Crippen molar-refractivity contribution in [3.05, 3.63) is 65.7 Å². The van der Waals surface area contributed by atoms with Crippen LogP contribution in [-0.2, 0) is 6.16 Å². The lowest BCUT2D eigenvalue weighted by atomic mass is 10.2. The fourth-order valence-corrected chi connectivity index (χ4v) is 2.52. The molecule has 1 heteroatoms. The zero-order chi connectivity index (χ0) is 10.5. The lowest BCUT2D eigenvalue weighted by molar-refractivity contribution is 1.41. The van der Waals surface area contributed by atoms with Crippen LogP contribution in [-0.4, -0.2) is 0 Å². The van der Waals surface area contributed by atoms with Gasteiger partial charge in [-0.15, -0.1) is 0 Å². The van der Waals surface area contributed by atoms with Crippen LogP contribution in [0.5, 0.6) is 0 Å². The van der Waals surface area contributed by atoms with Gasteiger partial charge in [0.1, 0.15) is 0 Å². The molecule has 0 amide bonds. The van der Waals surface area contributed by atoms with Crippen molar-refractivity contribution in [3.8, 4) is 0 Å². The molecule has 0 nitrogen and oxygen atoms in total. The van der Waals surface area contributed by atoms with Crippen LogP contribution in [0.4, 0.5) is 0 Å². The average Bonchev–Trinajstić information content (AvgIpc) is 2.30. The summed E-state index contributed by atoms with van der Waals surface area (Å²) in [7, 11) is 0.878. The van der Waals surface area contributed by atoms with Crippen LogP contribution in [0.3, 0.4) is 0 Å². The van der Waals surface area contributed by atoms with E-state index in [0.29, 0.717) is 0 Å². The van der Waals surface area contributed by atoms with Crippen LogP contribution < -0.4 is 5.30 Å².